The van der Waals surface area contributed by atoms with Crippen LogP contribution in [0.25, 0.3) is 11.1 Å². The van der Waals surface area contributed by atoms with Crippen LogP contribution in [0.15, 0.2) is 30.7 Å². The van der Waals surface area contributed by atoms with Crippen LogP contribution in [0.5, 0.6) is 0 Å². The Morgan fingerprint density at radius 2 is 2.05 bits per heavy atom. The lowest BCUT2D eigenvalue weighted by atomic mass is 10.0. The van der Waals surface area contributed by atoms with E-state index in [0.29, 0.717) is 16.5 Å². The van der Waals surface area contributed by atoms with Crippen LogP contribution in [-0.2, 0) is 4.74 Å². The molecule has 2 aromatic rings. The lowest BCUT2D eigenvalue weighted by Gasteiger charge is -2.22. The fourth-order valence-electron chi connectivity index (χ4n) is 2.53. The quantitative estimate of drug-likeness (QED) is 0.871. The largest absolute Gasteiger partial charge is 0.384 e. The summed E-state index contributed by atoms with van der Waals surface area (Å²) < 4.78 is 18.7. The van der Waals surface area contributed by atoms with Gasteiger partial charge in [0.15, 0.2) is 0 Å². The zero-order valence-electron chi connectivity index (χ0n) is 12.1. The number of nitrogens with zero attached hydrogens (tertiary/aromatic N) is 2. The van der Waals surface area contributed by atoms with Crippen molar-refractivity contribution in [1.82, 2.24) is 9.97 Å². The number of anilines is 1. The number of nitrogens with one attached hydrogen (secondary N) is 1. The maximum Gasteiger partial charge on any atom is 0.213 e. The Labute approximate surface area is 133 Å². The molecule has 0 amide bonds. The van der Waals surface area contributed by atoms with E-state index in [0.717, 1.165) is 43.9 Å². The third-order valence-corrected chi connectivity index (χ3v) is 4.11. The van der Waals surface area contributed by atoms with Crippen molar-refractivity contribution in [2.24, 2.45) is 5.92 Å². The van der Waals surface area contributed by atoms with E-state index in [1.54, 1.807) is 12.4 Å². The first-order valence-electron chi connectivity index (χ1n) is 7.30. The minimum Gasteiger partial charge on any atom is -0.384 e. The number of pyridine rings is 2. The summed E-state index contributed by atoms with van der Waals surface area (Å²) in [4.78, 5) is 7.75. The molecule has 0 spiro atoms. The zero-order valence-corrected chi connectivity index (χ0v) is 12.8. The second-order valence-electron chi connectivity index (χ2n) is 5.39. The lowest BCUT2D eigenvalue weighted by molar-refractivity contribution is 0.0699. The predicted octanol–water partition coefficient (Wildman–Crippen LogP) is 3.77. The molecule has 116 valence electrons. The number of aromatic nitrogens is 2. The highest BCUT2D eigenvalue weighted by atomic mass is 35.5. The van der Waals surface area contributed by atoms with E-state index >= 15 is 0 Å². The molecule has 4 nitrogen and oxygen atoms in total. The summed E-state index contributed by atoms with van der Waals surface area (Å²) in [5.74, 6) is 0.0549. The van der Waals surface area contributed by atoms with Crippen LogP contribution in [0.4, 0.5) is 10.1 Å². The molecule has 1 fully saturated rings. The Bertz CT molecular complexity index is 647. The Kier molecular flexibility index (Phi) is 4.85. The van der Waals surface area contributed by atoms with E-state index < -0.39 is 5.95 Å². The molecule has 0 aromatic carbocycles. The van der Waals surface area contributed by atoms with E-state index in [9.17, 15) is 4.39 Å². The SMILES string of the molecule is Fc1cc(-c2cncc(NCC3CCOCC3)c2)c(Cl)cn1. The van der Waals surface area contributed by atoms with Gasteiger partial charge >= 0.3 is 0 Å². The lowest BCUT2D eigenvalue weighted by Crippen LogP contribution is -2.22. The second kappa shape index (κ2) is 7.03. The topological polar surface area (TPSA) is 47.0 Å². The third kappa shape index (κ3) is 3.72. The zero-order chi connectivity index (χ0) is 15.4. The summed E-state index contributed by atoms with van der Waals surface area (Å²) in [6.07, 6.45) is 6.88. The predicted molar refractivity (Wildman–Crippen MR) is 84.5 cm³/mol. The van der Waals surface area contributed by atoms with Gasteiger partial charge in [-0.15, -0.1) is 0 Å². The van der Waals surface area contributed by atoms with Gasteiger partial charge in [-0.3, -0.25) is 4.98 Å². The fourth-order valence-corrected chi connectivity index (χ4v) is 2.74. The van der Waals surface area contributed by atoms with Crippen molar-refractivity contribution < 1.29 is 9.13 Å². The number of rotatable bonds is 4. The first kappa shape index (κ1) is 15.2. The smallest absolute Gasteiger partial charge is 0.213 e. The van der Waals surface area contributed by atoms with E-state index in [1.807, 2.05) is 6.07 Å². The maximum atomic E-state index is 13.3. The second-order valence-corrected chi connectivity index (χ2v) is 5.79. The average Bonchev–Trinajstić information content (AvgIpc) is 2.56. The molecule has 0 bridgehead atoms. The summed E-state index contributed by atoms with van der Waals surface area (Å²) >= 11 is 6.09. The normalized spacial score (nSPS) is 15.7. The average molecular weight is 322 g/mol. The minimum atomic E-state index is -0.556. The molecule has 0 aliphatic carbocycles. The number of halogens is 2. The van der Waals surface area contributed by atoms with Crippen molar-refractivity contribution in [3.63, 3.8) is 0 Å². The van der Waals surface area contributed by atoms with Crippen LogP contribution in [0.2, 0.25) is 5.02 Å². The van der Waals surface area contributed by atoms with Gasteiger partial charge < -0.3 is 10.1 Å². The van der Waals surface area contributed by atoms with Gasteiger partial charge in [-0.25, -0.2) is 4.98 Å². The van der Waals surface area contributed by atoms with Crippen molar-refractivity contribution >= 4 is 17.3 Å². The first-order valence-corrected chi connectivity index (χ1v) is 7.68. The standard InChI is InChI=1S/C16H17ClFN3O/c17-15-10-21-16(18)6-14(15)12-5-13(9-19-8-12)20-7-11-1-3-22-4-2-11/h5-6,8-11,20H,1-4,7H2. The van der Waals surface area contributed by atoms with Crippen LogP contribution in [0, 0.1) is 11.9 Å². The molecule has 2 aromatic heterocycles. The van der Waals surface area contributed by atoms with Crippen molar-refractivity contribution in [3.05, 3.63) is 41.7 Å². The van der Waals surface area contributed by atoms with Gasteiger partial charge in [0.2, 0.25) is 5.95 Å². The first-order chi connectivity index (χ1) is 10.7. The summed E-state index contributed by atoms with van der Waals surface area (Å²) in [6, 6.07) is 3.24. The van der Waals surface area contributed by atoms with Crippen LogP contribution in [0.1, 0.15) is 12.8 Å². The highest BCUT2D eigenvalue weighted by Crippen LogP contribution is 2.28. The number of hydrogen-bond donors (Lipinski definition) is 1. The molecular weight excluding hydrogens is 305 g/mol. The van der Waals surface area contributed by atoms with Gasteiger partial charge in [0.05, 0.1) is 10.7 Å². The molecular formula is C16H17ClFN3O. The molecule has 1 aliphatic rings. The fraction of sp³-hybridized carbons (Fsp3) is 0.375. The Hall–Kier alpha value is -1.72. The van der Waals surface area contributed by atoms with E-state index in [1.165, 1.54) is 12.3 Å². The van der Waals surface area contributed by atoms with Crippen LogP contribution < -0.4 is 5.32 Å². The van der Waals surface area contributed by atoms with Crippen molar-refractivity contribution in [3.8, 4) is 11.1 Å². The van der Waals surface area contributed by atoms with Crippen molar-refractivity contribution in [2.75, 3.05) is 25.1 Å². The van der Waals surface area contributed by atoms with Crippen LogP contribution in [0.3, 0.4) is 0 Å². The molecule has 6 heteroatoms. The van der Waals surface area contributed by atoms with Crippen molar-refractivity contribution in [1.29, 1.82) is 0 Å². The minimum absolute atomic E-state index is 0.407. The van der Waals surface area contributed by atoms with Gasteiger partial charge in [0, 0.05) is 55.5 Å². The van der Waals surface area contributed by atoms with Gasteiger partial charge in [-0.2, -0.15) is 4.39 Å². The monoisotopic (exact) mass is 321 g/mol. The molecule has 0 unspecified atom stereocenters. The van der Waals surface area contributed by atoms with Crippen LogP contribution >= 0.6 is 11.6 Å². The summed E-state index contributed by atoms with van der Waals surface area (Å²) in [7, 11) is 0. The number of ether oxygens (including phenoxy) is 1. The maximum absolute atomic E-state index is 13.3. The van der Waals surface area contributed by atoms with Gasteiger partial charge in [-0.05, 0) is 24.8 Å². The van der Waals surface area contributed by atoms with Gasteiger partial charge in [0.1, 0.15) is 0 Å². The molecule has 3 rings (SSSR count). The van der Waals surface area contributed by atoms with E-state index in [2.05, 4.69) is 15.3 Å². The highest BCUT2D eigenvalue weighted by molar-refractivity contribution is 6.33. The molecule has 0 saturated carbocycles. The molecule has 0 radical (unpaired) electrons. The van der Waals surface area contributed by atoms with E-state index in [-0.39, 0.29) is 0 Å². The Morgan fingerprint density at radius 3 is 2.86 bits per heavy atom. The van der Waals surface area contributed by atoms with Crippen LogP contribution in [-0.4, -0.2) is 29.7 Å². The van der Waals surface area contributed by atoms with Crippen molar-refractivity contribution in [2.45, 2.75) is 12.8 Å². The number of hydrogen-bond acceptors (Lipinski definition) is 4. The molecule has 1 saturated heterocycles. The Morgan fingerprint density at radius 1 is 1.23 bits per heavy atom. The Balaban J connectivity index is 1.73. The molecule has 1 N–H and O–H groups in total. The molecule has 1 aliphatic heterocycles. The van der Waals surface area contributed by atoms with Gasteiger partial charge in [-0.1, -0.05) is 11.6 Å². The molecule has 22 heavy (non-hydrogen) atoms. The molecule has 3 heterocycles. The summed E-state index contributed by atoms with van der Waals surface area (Å²) in [5, 5.41) is 3.80. The third-order valence-electron chi connectivity index (χ3n) is 3.81. The highest BCUT2D eigenvalue weighted by Gasteiger charge is 2.13. The summed E-state index contributed by atoms with van der Waals surface area (Å²) in [5.41, 5.74) is 2.26. The molecule has 0 atom stereocenters. The summed E-state index contributed by atoms with van der Waals surface area (Å²) in [6.45, 7) is 2.54. The van der Waals surface area contributed by atoms with E-state index in [4.69, 9.17) is 16.3 Å². The van der Waals surface area contributed by atoms with Gasteiger partial charge in [0.25, 0.3) is 0 Å².